The normalized spacial score (nSPS) is 10.2. The Bertz CT molecular complexity index is 626. The first-order valence-corrected chi connectivity index (χ1v) is 6.47. The second-order valence-corrected chi connectivity index (χ2v) is 4.44. The molecule has 0 saturated carbocycles. The molecular weight excluding hydrogens is 276 g/mol. The molecule has 0 unspecified atom stereocenters. The van der Waals surface area contributed by atoms with Gasteiger partial charge in [-0.25, -0.2) is 13.8 Å². The number of carbonyl (C=O) groups excluding carboxylic acids is 1. The quantitative estimate of drug-likeness (QED) is 0.832. The molecule has 0 fully saturated rings. The number of hydrogen-bond acceptors (Lipinski definition) is 3. The number of amides is 1. The molecule has 2 aromatic rings. The first-order valence-electron chi connectivity index (χ1n) is 6.47. The molecule has 6 heteroatoms. The number of carbonyl (C=O) groups is 1. The molecule has 0 aliphatic rings. The average molecular weight is 291 g/mol. The fourth-order valence-electron chi connectivity index (χ4n) is 1.81. The van der Waals surface area contributed by atoms with Gasteiger partial charge in [0.1, 0.15) is 23.0 Å². The van der Waals surface area contributed by atoms with Gasteiger partial charge in [-0.05, 0) is 31.2 Å². The Morgan fingerprint density at radius 3 is 2.43 bits per heavy atom. The smallest absolute Gasteiger partial charge is 0.257 e. The lowest BCUT2D eigenvalue weighted by Crippen LogP contribution is -2.30. The van der Waals surface area contributed by atoms with Crippen LogP contribution in [0.4, 0.5) is 14.6 Å². The Hall–Kier alpha value is -2.50. The third kappa shape index (κ3) is 3.98. The van der Waals surface area contributed by atoms with E-state index in [0.717, 1.165) is 17.8 Å². The molecule has 1 heterocycles. The van der Waals surface area contributed by atoms with E-state index >= 15 is 0 Å². The van der Waals surface area contributed by atoms with Crippen LogP contribution in [0.3, 0.4) is 0 Å². The number of hydrogen-bond donors (Lipinski definition) is 2. The second kappa shape index (κ2) is 6.78. The van der Waals surface area contributed by atoms with Gasteiger partial charge in [-0.1, -0.05) is 12.1 Å². The summed E-state index contributed by atoms with van der Waals surface area (Å²) < 4.78 is 26.8. The van der Waals surface area contributed by atoms with Crippen molar-refractivity contribution in [1.29, 1.82) is 0 Å². The number of benzene rings is 1. The number of nitrogens with zero attached hydrogens (tertiary/aromatic N) is 1. The number of pyridine rings is 1. The van der Waals surface area contributed by atoms with Gasteiger partial charge in [0.05, 0.1) is 0 Å². The molecule has 4 nitrogen and oxygen atoms in total. The van der Waals surface area contributed by atoms with Crippen LogP contribution in [0.5, 0.6) is 0 Å². The number of nitrogens with one attached hydrogen (secondary N) is 2. The first kappa shape index (κ1) is 14.9. The summed E-state index contributed by atoms with van der Waals surface area (Å²) in [6.45, 7) is 2.49. The zero-order chi connectivity index (χ0) is 15.2. The van der Waals surface area contributed by atoms with Crippen LogP contribution in [0.1, 0.15) is 16.1 Å². The fourth-order valence-corrected chi connectivity index (χ4v) is 1.81. The second-order valence-electron chi connectivity index (χ2n) is 4.44. The number of anilines is 1. The standard InChI is InChI=1S/C15H15F2N3O/c1-10-4-2-7-13(20-10)18-8-9-19-15(21)14-11(16)5-3-6-12(14)17/h2-7H,8-9H2,1H3,(H,18,20)(H,19,21). The molecule has 0 aliphatic heterocycles. The molecule has 21 heavy (non-hydrogen) atoms. The van der Waals surface area contributed by atoms with Crippen LogP contribution >= 0.6 is 0 Å². The predicted molar refractivity (Wildman–Crippen MR) is 76.2 cm³/mol. The van der Waals surface area contributed by atoms with Crippen molar-refractivity contribution in [2.24, 2.45) is 0 Å². The highest BCUT2D eigenvalue weighted by Crippen LogP contribution is 2.11. The predicted octanol–water partition coefficient (Wildman–Crippen LogP) is 2.51. The van der Waals surface area contributed by atoms with Crippen LogP contribution in [-0.2, 0) is 0 Å². The monoisotopic (exact) mass is 291 g/mol. The van der Waals surface area contributed by atoms with Crippen molar-refractivity contribution in [2.45, 2.75) is 6.92 Å². The van der Waals surface area contributed by atoms with Gasteiger partial charge in [0.15, 0.2) is 0 Å². The number of halogens is 2. The van der Waals surface area contributed by atoms with Crippen molar-refractivity contribution in [3.8, 4) is 0 Å². The number of aryl methyl sites for hydroxylation is 1. The van der Waals surface area contributed by atoms with Gasteiger partial charge in [-0.15, -0.1) is 0 Å². The van der Waals surface area contributed by atoms with E-state index in [-0.39, 0.29) is 6.54 Å². The van der Waals surface area contributed by atoms with Gasteiger partial charge >= 0.3 is 0 Å². The highest BCUT2D eigenvalue weighted by molar-refractivity contribution is 5.94. The minimum absolute atomic E-state index is 0.224. The summed E-state index contributed by atoms with van der Waals surface area (Å²) in [4.78, 5) is 15.9. The van der Waals surface area contributed by atoms with Crippen molar-refractivity contribution in [1.82, 2.24) is 10.3 Å². The molecule has 0 spiro atoms. The van der Waals surface area contributed by atoms with Gasteiger partial charge in [0.25, 0.3) is 5.91 Å². The molecule has 0 atom stereocenters. The van der Waals surface area contributed by atoms with Crippen molar-refractivity contribution in [3.05, 3.63) is 59.3 Å². The lowest BCUT2D eigenvalue weighted by Gasteiger charge is -2.09. The molecular formula is C15H15F2N3O. The van der Waals surface area contributed by atoms with Crippen LogP contribution in [0, 0.1) is 18.6 Å². The molecule has 0 aliphatic carbocycles. The molecule has 2 N–H and O–H groups in total. The largest absolute Gasteiger partial charge is 0.368 e. The van der Waals surface area contributed by atoms with Crippen LogP contribution in [0.2, 0.25) is 0 Å². The molecule has 110 valence electrons. The zero-order valence-electron chi connectivity index (χ0n) is 11.5. The summed E-state index contributed by atoms with van der Waals surface area (Å²) in [6.07, 6.45) is 0. The van der Waals surface area contributed by atoms with Crippen LogP contribution < -0.4 is 10.6 Å². The summed E-state index contributed by atoms with van der Waals surface area (Å²) in [5.41, 5.74) is 0.309. The molecule has 0 radical (unpaired) electrons. The Morgan fingerprint density at radius 1 is 1.10 bits per heavy atom. The summed E-state index contributed by atoms with van der Waals surface area (Å²) in [7, 11) is 0. The van der Waals surface area contributed by atoms with E-state index in [0.29, 0.717) is 12.4 Å². The molecule has 1 aromatic carbocycles. The Morgan fingerprint density at radius 2 is 1.76 bits per heavy atom. The highest BCUT2D eigenvalue weighted by atomic mass is 19.1. The minimum atomic E-state index is -0.874. The maximum atomic E-state index is 13.4. The van der Waals surface area contributed by atoms with E-state index in [9.17, 15) is 13.6 Å². The summed E-state index contributed by atoms with van der Waals surface area (Å²) in [5.74, 6) is -1.84. The molecule has 1 amide bonds. The van der Waals surface area contributed by atoms with Crippen molar-refractivity contribution in [3.63, 3.8) is 0 Å². The Balaban J connectivity index is 1.85. The summed E-state index contributed by atoms with van der Waals surface area (Å²) in [6, 6.07) is 8.84. The molecule has 1 aromatic heterocycles. The first-order chi connectivity index (χ1) is 10.1. The van der Waals surface area contributed by atoms with E-state index in [2.05, 4.69) is 15.6 Å². The van der Waals surface area contributed by atoms with E-state index in [1.54, 1.807) is 6.07 Å². The van der Waals surface area contributed by atoms with Crippen molar-refractivity contribution < 1.29 is 13.6 Å². The van der Waals surface area contributed by atoms with Crippen molar-refractivity contribution >= 4 is 11.7 Å². The van der Waals surface area contributed by atoms with Gasteiger partial charge in [-0.3, -0.25) is 4.79 Å². The number of rotatable bonds is 5. The Labute approximate surface area is 121 Å². The maximum absolute atomic E-state index is 13.4. The molecule has 2 rings (SSSR count). The summed E-state index contributed by atoms with van der Waals surface area (Å²) in [5, 5.41) is 5.46. The maximum Gasteiger partial charge on any atom is 0.257 e. The van der Waals surface area contributed by atoms with E-state index < -0.39 is 23.1 Å². The van der Waals surface area contributed by atoms with Crippen molar-refractivity contribution in [2.75, 3.05) is 18.4 Å². The third-order valence-corrected chi connectivity index (χ3v) is 2.79. The van der Waals surface area contributed by atoms with Gasteiger partial charge in [-0.2, -0.15) is 0 Å². The summed E-state index contributed by atoms with van der Waals surface area (Å²) >= 11 is 0. The van der Waals surface area contributed by atoms with Crippen LogP contribution in [0.15, 0.2) is 36.4 Å². The highest BCUT2D eigenvalue weighted by Gasteiger charge is 2.16. The SMILES string of the molecule is Cc1cccc(NCCNC(=O)c2c(F)cccc2F)n1. The van der Waals surface area contributed by atoms with E-state index in [1.165, 1.54) is 6.07 Å². The third-order valence-electron chi connectivity index (χ3n) is 2.79. The van der Waals surface area contributed by atoms with Gasteiger partial charge in [0.2, 0.25) is 0 Å². The molecule has 0 saturated heterocycles. The average Bonchev–Trinajstić information content (AvgIpc) is 2.43. The molecule has 0 bridgehead atoms. The lowest BCUT2D eigenvalue weighted by atomic mass is 10.2. The minimum Gasteiger partial charge on any atom is -0.368 e. The van der Waals surface area contributed by atoms with E-state index in [1.807, 2.05) is 19.1 Å². The van der Waals surface area contributed by atoms with Crippen LogP contribution in [-0.4, -0.2) is 24.0 Å². The Kier molecular flexibility index (Phi) is 4.81. The van der Waals surface area contributed by atoms with E-state index in [4.69, 9.17) is 0 Å². The van der Waals surface area contributed by atoms with Gasteiger partial charge in [0, 0.05) is 18.8 Å². The fraction of sp³-hybridized carbons (Fsp3) is 0.200. The van der Waals surface area contributed by atoms with Gasteiger partial charge < -0.3 is 10.6 Å². The van der Waals surface area contributed by atoms with Crippen LogP contribution in [0.25, 0.3) is 0 Å². The topological polar surface area (TPSA) is 54.0 Å². The lowest BCUT2D eigenvalue weighted by molar-refractivity contribution is 0.0946. The zero-order valence-corrected chi connectivity index (χ0v) is 11.5. The number of aromatic nitrogens is 1.